The van der Waals surface area contributed by atoms with E-state index < -0.39 is 0 Å². The molecule has 2 aliphatic rings. The van der Waals surface area contributed by atoms with Gasteiger partial charge in [0, 0.05) is 32.2 Å². The first-order valence-corrected chi connectivity index (χ1v) is 9.04. The lowest BCUT2D eigenvalue weighted by atomic mass is 9.97. The maximum atomic E-state index is 12.4. The van der Waals surface area contributed by atoms with E-state index in [1.807, 2.05) is 18.2 Å². The van der Waals surface area contributed by atoms with Crippen molar-refractivity contribution in [2.75, 3.05) is 33.2 Å². The number of rotatable bonds is 5. The molecule has 1 aromatic carbocycles. The molecule has 3 unspecified atom stereocenters. The van der Waals surface area contributed by atoms with Gasteiger partial charge in [0.15, 0.2) is 0 Å². The summed E-state index contributed by atoms with van der Waals surface area (Å²) in [5, 5.41) is 13.2. The third-order valence-corrected chi connectivity index (χ3v) is 5.24. The van der Waals surface area contributed by atoms with E-state index in [2.05, 4.69) is 34.3 Å². The monoisotopic (exact) mass is 331 g/mol. The van der Waals surface area contributed by atoms with Crippen molar-refractivity contribution in [2.45, 2.75) is 38.0 Å². The van der Waals surface area contributed by atoms with Crippen molar-refractivity contribution in [1.29, 1.82) is 0 Å². The molecule has 5 nitrogen and oxygen atoms in total. The van der Waals surface area contributed by atoms with Crippen LogP contribution in [0.15, 0.2) is 30.3 Å². The minimum atomic E-state index is -0.295. The normalized spacial score (nSPS) is 28.8. The van der Waals surface area contributed by atoms with Crippen LogP contribution in [0.1, 0.15) is 24.8 Å². The van der Waals surface area contributed by atoms with Gasteiger partial charge in [0.1, 0.15) is 0 Å². The summed E-state index contributed by atoms with van der Waals surface area (Å²) in [7, 11) is 2.08. The Morgan fingerprint density at radius 2 is 2.08 bits per heavy atom. The van der Waals surface area contributed by atoms with Crippen molar-refractivity contribution < 1.29 is 9.90 Å². The number of amides is 1. The summed E-state index contributed by atoms with van der Waals surface area (Å²) in [5.74, 6) is 0.278. The molecule has 0 saturated carbocycles. The van der Waals surface area contributed by atoms with E-state index in [-0.39, 0.29) is 24.0 Å². The summed E-state index contributed by atoms with van der Waals surface area (Å²) in [4.78, 5) is 16.9. The van der Waals surface area contributed by atoms with Gasteiger partial charge in [-0.1, -0.05) is 30.3 Å². The fraction of sp³-hybridized carbons (Fsp3) is 0.632. The van der Waals surface area contributed by atoms with Crippen LogP contribution in [-0.4, -0.2) is 66.2 Å². The molecule has 0 spiro atoms. The molecule has 1 amide bonds. The zero-order valence-corrected chi connectivity index (χ0v) is 14.5. The maximum absolute atomic E-state index is 12.4. The first-order chi connectivity index (χ1) is 11.6. The number of nitrogens with zero attached hydrogens (tertiary/aromatic N) is 2. The fourth-order valence-corrected chi connectivity index (χ4v) is 3.92. The summed E-state index contributed by atoms with van der Waals surface area (Å²) in [6, 6.07) is 10.5. The Hall–Kier alpha value is -1.43. The molecule has 3 atom stereocenters. The zero-order chi connectivity index (χ0) is 16.9. The average molecular weight is 331 g/mol. The number of carbonyl (C=O) groups is 1. The Morgan fingerprint density at radius 1 is 1.29 bits per heavy atom. The highest BCUT2D eigenvalue weighted by Crippen LogP contribution is 2.21. The first kappa shape index (κ1) is 17.4. The van der Waals surface area contributed by atoms with Crippen LogP contribution in [-0.2, 0) is 11.3 Å². The summed E-state index contributed by atoms with van der Waals surface area (Å²) in [6.45, 7) is 4.07. The predicted molar refractivity (Wildman–Crippen MR) is 94.5 cm³/mol. The molecule has 1 aromatic rings. The van der Waals surface area contributed by atoms with Gasteiger partial charge in [0.2, 0.25) is 5.91 Å². The number of carbonyl (C=O) groups excluding carboxylic acids is 1. The smallest absolute Gasteiger partial charge is 0.224 e. The van der Waals surface area contributed by atoms with Gasteiger partial charge in [-0.05, 0) is 38.4 Å². The van der Waals surface area contributed by atoms with Crippen LogP contribution in [0.4, 0.5) is 0 Å². The Bertz CT molecular complexity index is 537. The SMILES string of the molecule is CN1CCCC(C(=O)NCC2CC(O)CN2Cc2ccccc2)C1. The largest absolute Gasteiger partial charge is 0.392 e. The highest BCUT2D eigenvalue weighted by atomic mass is 16.3. The first-order valence-electron chi connectivity index (χ1n) is 9.04. The lowest BCUT2D eigenvalue weighted by Gasteiger charge is -2.30. The number of hydrogen-bond acceptors (Lipinski definition) is 4. The van der Waals surface area contributed by atoms with Crippen molar-refractivity contribution in [3.8, 4) is 0 Å². The molecule has 2 N–H and O–H groups in total. The van der Waals surface area contributed by atoms with Crippen LogP contribution in [0.5, 0.6) is 0 Å². The summed E-state index contributed by atoms with van der Waals surface area (Å²) < 4.78 is 0. The molecule has 2 fully saturated rings. The quantitative estimate of drug-likeness (QED) is 0.848. The number of β-amino-alcohol motifs (C(OH)–C–C–N with tert-alkyl or cyclic N) is 1. The molecule has 0 radical (unpaired) electrons. The summed E-state index contributed by atoms with van der Waals surface area (Å²) in [6.07, 6.45) is 2.52. The zero-order valence-electron chi connectivity index (χ0n) is 14.5. The topological polar surface area (TPSA) is 55.8 Å². The maximum Gasteiger partial charge on any atom is 0.224 e. The standard InChI is InChI=1S/C19H29N3O2/c1-21-9-5-8-16(13-21)19(24)20-11-17-10-18(23)14-22(17)12-15-6-3-2-4-7-15/h2-4,6-7,16-18,23H,5,8-14H2,1H3,(H,20,24). The van der Waals surface area contributed by atoms with E-state index in [1.165, 1.54) is 5.56 Å². The Morgan fingerprint density at radius 3 is 2.83 bits per heavy atom. The van der Waals surface area contributed by atoms with E-state index in [4.69, 9.17) is 0 Å². The van der Waals surface area contributed by atoms with Gasteiger partial charge in [-0.15, -0.1) is 0 Å². The van der Waals surface area contributed by atoms with Gasteiger partial charge in [-0.3, -0.25) is 9.69 Å². The second kappa shape index (κ2) is 8.10. The molecule has 5 heteroatoms. The van der Waals surface area contributed by atoms with Crippen LogP contribution < -0.4 is 5.32 Å². The number of likely N-dealkylation sites (tertiary alicyclic amines) is 2. The van der Waals surface area contributed by atoms with Crippen LogP contribution in [0.25, 0.3) is 0 Å². The Kier molecular flexibility index (Phi) is 5.87. The van der Waals surface area contributed by atoms with Crippen molar-refractivity contribution in [3.63, 3.8) is 0 Å². The number of nitrogens with one attached hydrogen (secondary N) is 1. The number of hydrogen-bond donors (Lipinski definition) is 2. The third kappa shape index (κ3) is 4.56. The summed E-state index contributed by atoms with van der Waals surface area (Å²) >= 11 is 0. The lowest BCUT2D eigenvalue weighted by Crippen LogP contribution is -2.45. The number of benzene rings is 1. The van der Waals surface area contributed by atoms with Gasteiger partial charge >= 0.3 is 0 Å². The molecule has 3 rings (SSSR count). The minimum Gasteiger partial charge on any atom is -0.392 e. The van der Waals surface area contributed by atoms with Crippen molar-refractivity contribution in [2.24, 2.45) is 5.92 Å². The van der Waals surface area contributed by atoms with Crippen LogP contribution >= 0.6 is 0 Å². The predicted octanol–water partition coefficient (Wildman–Crippen LogP) is 1.08. The Labute approximate surface area is 144 Å². The number of piperidine rings is 1. The second-order valence-electron chi connectivity index (χ2n) is 7.30. The third-order valence-electron chi connectivity index (χ3n) is 5.24. The molecule has 132 valence electrons. The molecule has 0 bridgehead atoms. The van der Waals surface area contributed by atoms with Gasteiger partial charge in [0.25, 0.3) is 0 Å². The number of aliphatic hydroxyl groups excluding tert-OH is 1. The Balaban J connectivity index is 1.52. The average Bonchev–Trinajstić information content (AvgIpc) is 2.93. The van der Waals surface area contributed by atoms with Crippen molar-refractivity contribution in [3.05, 3.63) is 35.9 Å². The molecule has 0 aromatic heterocycles. The lowest BCUT2D eigenvalue weighted by molar-refractivity contribution is -0.126. The van der Waals surface area contributed by atoms with Crippen molar-refractivity contribution in [1.82, 2.24) is 15.1 Å². The van der Waals surface area contributed by atoms with Crippen LogP contribution in [0.3, 0.4) is 0 Å². The van der Waals surface area contributed by atoms with E-state index in [0.29, 0.717) is 13.1 Å². The number of aliphatic hydroxyl groups is 1. The minimum absolute atomic E-state index is 0.109. The summed E-state index contributed by atoms with van der Waals surface area (Å²) in [5.41, 5.74) is 1.25. The van der Waals surface area contributed by atoms with Gasteiger partial charge < -0.3 is 15.3 Å². The van der Waals surface area contributed by atoms with E-state index in [9.17, 15) is 9.90 Å². The van der Waals surface area contributed by atoms with Crippen LogP contribution in [0.2, 0.25) is 0 Å². The molecule has 2 saturated heterocycles. The van der Waals surface area contributed by atoms with Crippen LogP contribution in [0, 0.1) is 5.92 Å². The highest BCUT2D eigenvalue weighted by Gasteiger charge is 2.32. The van der Waals surface area contributed by atoms with Gasteiger partial charge in [-0.25, -0.2) is 0 Å². The van der Waals surface area contributed by atoms with Gasteiger partial charge in [-0.2, -0.15) is 0 Å². The molecule has 2 aliphatic heterocycles. The van der Waals surface area contributed by atoms with E-state index in [1.54, 1.807) is 0 Å². The molecule has 0 aliphatic carbocycles. The molecule has 24 heavy (non-hydrogen) atoms. The molecule has 2 heterocycles. The van der Waals surface area contributed by atoms with Gasteiger partial charge in [0.05, 0.1) is 12.0 Å². The highest BCUT2D eigenvalue weighted by molar-refractivity contribution is 5.79. The molecular weight excluding hydrogens is 302 g/mol. The van der Waals surface area contributed by atoms with Crippen molar-refractivity contribution >= 4 is 5.91 Å². The van der Waals surface area contributed by atoms with E-state index >= 15 is 0 Å². The van der Waals surface area contributed by atoms with E-state index in [0.717, 1.165) is 38.9 Å². The second-order valence-corrected chi connectivity index (χ2v) is 7.30. The fourth-order valence-electron chi connectivity index (χ4n) is 3.92. The molecular formula is C19H29N3O2.